The molecule has 4 rings (SSSR count). The number of rotatable bonds is 10. The highest BCUT2D eigenvalue weighted by atomic mass is 35.5. The second-order valence-corrected chi connectivity index (χ2v) is 9.21. The van der Waals surface area contributed by atoms with E-state index in [2.05, 4.69) is 10.6 Å². The quantitative estimate of drug-likeness (QED) is 0.221. The molecule has 0 amide bonds. The van der Waals surface area contributed by atoms with Gasteiger partial charge in [0, 0.05) is 23.1 Å². The number of anilines is 2. The third-order valence-corrected chi connectivity index (χ3v) is 6.48. The van der Waals surface area contributed by atoms with Gasteiger partial charge in [-0.2, -0.15) is 0 Å². The van der Waals surface area contributed by atoms with Crippen LogP contribution in [0.25, 0.3) is 0 Å². The van der Waals surface area contributed by atoms with Gasteiger partial charge in [-0.25, -0.2) is 8.78 Å². The number of nitrogens with one attached hydrogen (secondary N) is 2. The highest BCUT2D eigenvalue weighted by Gasteiger charge is 2.30. The summed E-state index contributed by atoms with van der Waals surface area (Å²) in [5, 5.41) is 7.24. The SMILES string of the molecule is O=C(C(CNc1ccccc1F)c1ccc(Cl)cc1)C(CNc1ccccc1F)c1ccc(Cl)cc1. The number of benzene rings is 4. The summed E-state index contributed by atoms with van der Waals surface area (Å²) in [6.07, 6.45) is 0. The van der Waals surface area contributed by atoms with Crippen molar-refractivity contribution in [2.45, 2.75) is 11.8 Å². The number of Topliss-reactive ketones (excluding diaryl/α,β-unsaturated/α-hetero) is 1. The van der Waals surface area contributed by atoms with Crippen molar-refractivity contribution in [1.29, 1.82) is 0 Å². The summed E-state index contributed by atoms with van der Waals surface area (Å²) >= 11 is 12.2. The summed E-state index contributed by atoms with van der Waals surface area (Å²) < 4.78 is 28.6. The Balaban J connectivity index is 1.66. The lowest BCUT2D eigenvalue weighted by Gasteiger charge is -2.25. The minimum absolute atomic E-state index is 0.118. The maximum atomic E-state index is 14.3. The number of carbonyl (C=O) groups is 1. The fraction of sp³-hybridized carbons (Fsp3) is 0.138. The van der Waals surface area contributed by atoms with Crippen LogP contribution in [-0.4, -0.2) is 18.9 Å². The van der Waals surface area contributed by atoms with Crippen LogP contribution in [0.1, 0.15) is 23.0 Å². The molecule has 3 nitrogen and oxygen atoms in total. The molecule has 36 heavy (non-hydrogen) atoms. The number of ketones is 1. The van der Waals surface area contributed by atoms with Gasteiger partial charge in [-0.3, -0.25) is 4.79 Å². The molecule has 0 spiro atoms. The molecule has 2 unspecified atom stereocenters. The van der Waals surface area contributed by atoms with Crippen LogP contribution in [0, 0.1) is 11.6 Å². The van der Waals surface area contributed by atoms with Crippen LogP contribution in [-0.2, 0) is 4.79 Å². The number of hydrogen-bond acceptors (Lipinski definition) is 3. The molecule has 184 valence electrons. The summed E-state index contributed by atoms with van der Waals surface area (Å²) in [6, 6.07) is 26.6. The molecule has 7 heteroatoms. The van der Waals surface area contributed by atoms with Crippen molar-refractivity contribution in [3.8, 4) is 0 Å². The average molecular weight is 525 g/mol. The van der Waals surface area contributed by atoms with Crippen molar-refractivity contribution in [3.05, 3.63) is 130 Å². The molecule has 0 heterocycles. The lowest BCUT2D eigenvalue weighted by molar-refractivity contribution is -0.121. The lowest BCUT2D eigenvalue weighted by Crippen LogP contribution is -2.30. The van der Waals surface area contributed by atoms with Crippen LogP contribution >= 0.6 is 23.2 Å². The van der Waals surface area contributed by atoms with Crippen LogP contribution in [0.15, 0.2) is 97.1 Å². The fourth-order valence-corrected chi connectivity index (χ4v) is 4.28. The van der Waals surface area contributed by atoms with E-state index in [1.54, 1.807) is 84.9 Å². The molecule has 0 radical (unpaired) electrons. The summed E-state index contributed by atoms with van der Waals surface area (Å²) in [5.41, 5.74) is 2.07. The normalized spacial score (nSPS) is 12.6. The third kappa shape index (κ3) is 6.42. The van der Waals surface area contributed by atoms with Gasteiger partial charge in [-0.05, 0) is 59.7 Å². The molecule has 4 aromatic carbocycles. The maximum Gasteiger partial charge on any atom is 0.151 e. The number of carbonyl (C=O) groups excluding carboxylic acids is 1. The summed E-state index contributed by atoms with van der Waals surface area (Å²) in [4.78, 5) is 14.1. The highest BCUT2D eigenvalue weighted by Crippen LogP contribution is 2.30. The predicted molar refractivity (Wildman–Crippen MR) is 143 cm³/mol. The summed E-state index contributed by atoms with van der Waals surface area (Å²) in [5.74, 6) is -2.20. The Hall–Kier alpha value is -3.41. The van der Waals surface area contributed by atoms with Crippen molar-refractivity contribution in [2.75, 3.05) is 23.7 Å². The van der Waals surface area contributed by atoms with Crippen LogP contribution in [0.3, 0.4) is 0 Å². The van der Waals surface area contributed by atoms with Gasteiger partial charge < -0.3 is 10.6 Å². The molecule has 2 atom stereocenters. The Morgan fingerprint density at radius 3 is 1.33 bits per heavy atom. The van der Waals surface area contributed by atoms with Crippen molar-refractivity contribution in [1.82, 2.24) is 0 Å². The number of halogens is 4. The van der Waals surface area contributed by atoms with Crippen LogP contribution in [0.2, 0.25) is 10.0 Å². The van der Waals surface area contributed by atoms with Gasteiger partial charge in [-0.1, -0.05) is 71.7 Å². The molecular weight excluding hydrogens is 501 g/mol. The largest absolute Gasteiger partial charge is 0.382 e. The predicted octanol–water partition coefficient (Wildman–Crippen LogP) is 7.93. The van der Waals surface area contributed by atoms with Crippen molar-refractivity contribution < 1.29 is 13.6 Å². The van der Waals surface area contributed by atoms with Gasteiger partial charge in [0.2, 0.25) is 0 Å². The topological polar surface area (TPSA) is 41.1 Å². The van der Waals surface area contributed by atoms with Crippen molar-refractivity contribution in [3.63, 3.8) is 0 Å². The summed E-state index contributed by atoms with van der Waals surface area (Å²) in [7, 11) is 0. The number of hydrogen-bond donors (Lipinski definition) is 2. The molecule has 0 saturated carbocycles. The first-order chi connectivity index (χ1) is 17.4. The van der Waals surface area contributed by atoms with E-state index >= 15 is 0 Å². The monoisotopic (exact) mass is 524 g/mol. The zero-order chi connectivity index (χ0) is 25.5. The van der Waals surface area contributed by atoms with Gasteiger partial charge in [0.05, 0.1) is 23.2 Å². The van der Waals surface area contributed by atoms with E-state index in [0.29, 0.717) is 21.4 Å². The fourth-order valence-electron chi connectivity index (χ4n) is 4.03. The zero-order valence-electron chi connectivity index (χ0n) is 19.2. The van der Waals surface area contributed by atoms with E-state index < -0.39 is 23.5 Å². The minimum atomic E-state index is -0.634. The second kappa shape index (κ2) is 12.0. The Labute approximate surface area is 219 Å². The smallest absolute Gasteiger partial charge is 0.151 e. The molecule has 4 aromatic rings. The zero-order valence-corrected chi connectivity index (χ0v) is 20.7. The Bertz CT molecular complexity index is 1210. The Kier molecular flexibility index (Phi) is 8.57. The Morgan fingerprint density at radius 2 is 0.972 bits per heavy atom. The van der Waals surface area contributed by atoms with Crippen LogP contribution < -0.4 is 10.6 Å². The first-order valence-corrected chi connectivity index (χ1v) is 12.2. The van der Waals surface area contributed by atoms with E-state index in [0.717, 1.165) is 11.1 Å². The van der Waals surface area contributed by atoms with E-state index in [1.165, 1.54) is 12.1 Å². The first-order valence-electron chi connectivity index (χ1n) is 11.4. The van der Waals surface area contributed by atoms with Crippen molar-refractivity contribution >= 4 is 40.4 Å². The highest BCUT2D eigenvalue weighted by molar-refractivity contribution is 6.30. The summed E-state index contributed by atoms with van der Waals surface area (Å²) in [6.45, 7) is 0.316. The van der Waals surface area contributed by atoms with Crippen LogP contribution in [0.5, 0.6) is 0 Å². The molecule has 0 saturated heterocycles. The molecule has 0 bridgehead atoms. The standard InChI is InChI=1S/C29H24Cl2F2N2O/c30-21-13-9-19(10-14-21)23(17-34-27-7-3-1-5-25(27)32)29(36)24(20-11-15-22(31)16-12-20)18-35-28-8-4-2-6-26(28)33/h1-16,23-24,34-35H,17-18H2. The average Bonchev–Trinajstić information content (AvgIpc) is 2.88. The molecular formula is C29H24Cl2F2N2O. The molecule has 2 N–H and O–H groups in total. The Morgan fingerprint density at radius 1 is 0.611 bits per heavy atom. The van der Waals surface area contributed by atoms with E-state index in [-0.39, 0.29) is 18.9 Å². The third-order valence-electron chi connectivity index (χ3n) is 5.97. The van der Waals surface area contributed by atoms with Gasteiger partial charge >= 0.3 is 0 Å². The van der Waals surface area contributed by atoms with E-state index in [1.807, 2.05) is 0 Å². The van der Waals surface area contributed by atoms with Crippen molar-refractivity contribution in [2.24, 2.45) is 0 Å². The molecule has 0 aliphatic heterocycles. The van der Waals surface area contributed by atoms with Gasteiger partial charge in [0.25, 0.3) is 0 Å². The molecule has 0 aromatic heterocycles. The van der Waals surface area contributed by atoms with Crippen LogP contribution in [0.4, 0.5) is 20.2 Å². The van der Waals surface area contributed by atoms with E-state index in [4.69, 9.17) is 23.2 Å². The van der Waals surface area contributed by atoms with E-state index in [9.17, 15) is 13.6 Å². The molecule has 0 aliphatic rings. The van der Waals surface area contributed by atoms with Gasteiger partial charge in [0.15, 0.2) is 5.78 Å². The van der Waals surface area contributed by atoms with Gasteiger partial charge in [-0.15, -0.1) is 0 Å². The second-order valence-electron chi connectivity index (χ2n) is 8.33. The molecule has 0 fully saturated rings. The molecule has 0 aliphatic carbocycles. The first kappa shape index (κ1) is 25.7. The maximum absolute atomic E-state index is 14.3. The minimum Gasteiger partial charge on any atom is -0.382 e. The lowest BCUT2D eigenvalue weighted by atomic mass is 9.83. The number of para-hydroxylation sites is 2. The van der Waals surface area contributed by atoms with Gasteiger partial charge in [0.1, 0.15) is 11.6 Å².